The van der Waals surface area contributed by atoms with Gasteiger partial charge in [-0.05, 0) is 53.1 Å². The molecule has 250 valence electrons. The summed E-state index contributed by atoms with van der Waals surface area (Å²) >= 11 is 0. The van der Waals surface area contributed by atoms with Crippen molar-refractivity contribution in [1.29, 1.82) is 0 Å². The first-order valence-corrected chi connectivity index (χ1v) is 15.9. The van der Waals surface area contributed by atoms with Crippen LogP contribution in [0.25, 0.3) is 0 Å². The van der Waals surface area contributed by atoms with Gasteiger partial charge < -0.3 is 33.5 Å². The molecule has 1 aliphatic heterocycles. The van der Waals surface area contributed by atoms with Crippen molar-refractivity contribution in [3.8, 4) is 11.5 Å². The highest BCUT2D eigenvalue weighted by Crippen LogP contribution is 2.33. The van der Waals surface area contributed by atoms with Gasteiger partial charge in [0.05, 0.1) is 18.8 Å². The van der Waals surface area contributed by atoms with Crippen LogP contribution in [-0.2, 0) is 48.3 Å². The molecule has 0 spiro atoms. The van der Waals surface area contributed by atoms with E-state index >= 15 is 0 Å². The Bertz CT molecular complexity index is 1750. The van der Waals surface area contributed by atoms with E-state index in [4.69, 9.17) is 28.4 Å². The molecule has 1 saturated heterocycles. The molecule has 1 aliphatic rings. The van der Waals surface area contributed by atoms with Crippen LogP contribution >= 0.6 is 0 Å². The third kappa shape index (κ3) is 9.11. The average Bonchev–Trinajstić information content (AvgIpc) is 3.15. The fraction of sp³-hybridized carbons (Fsp3) is 0.200. The highest BCUT2D eigenvalue weighted by molar-refractivity contribution is 5.89. The SMILES string of the molecule is O=C(OC1C(Oc2ccc(O)cc2)OC(C(=O)OCc2ccccc2)C(OCc2ccccc2)C1OCc1ccccc1)c1ccccc1. The zero-order chi connectivity index (χ0) is 33.8. The number of carbonyl (C=O) groups is 2. The van der Waals surface area contributed by atoms with E-state index in [1.54, 1.807) is 30.3 Å². The summed E-state index contributed by atoms with van der Waals surface area (Å²) < 4.78 is 37.5. The lowest BCUT2D eigenvalue weighted by Crippen LogP contribution is -2.64. The summed E-state index contributed by atoms with van der Waals surface area (Å²) in [4.78, 5) is 27.5. The second kappa shape index (κ2) is 16.6. The summed E-state index contributed by atoms with van der Waals surface area (Å²) in [7, 11) is 0. The Balaban J connectivity index is 1.37. The monoisotopic (exact) mass is 660 g/mol. The number of carbonyl (C=O) groups excluding carboxylic acids is 2. The zero-order valence-electron chi connectivity index (χ0n) is 26.6. The maximum absolute atomic E-state index is 13.9. The molecule has 5 unspecified atom stereocenters. The lowest BCUT2D eigenvalue weighted by atomic mass is 9.97. The maximum atomic E-state index is 13.9. The minimum atomic E-state index is -1.35. The fourth-order valence-corrected chi connectivity index (χ4v) is 5.36. The van der Waals surface area contributed by atoms with Gasteiger partial charge in [-0.3, -0.25) is 0 Å². The van der Waals surface area contributed by atoms with E-state index < -0.39 is 42.6 Å². The Morgan fingerprint density at radius 3 is 1.61 bits per heavy atom. The summed E-state index contributed by atoms with van der Waals surface area (Å²) in [5.74, 6) is -1.02. The van der Waals surface area contributed by atoms with Crippen LogP contribution in [0.5, 0.6) is 11.5 Å². The van der Waals surface area contributed by atoms with Gasteiger partial charge in [0, 0.05) is 0 Å². The predicted octanol–water partition coefficient (Wildman–Crippen LogP) is 6.64. The smallest absolute Gasteiger partial charge is 0.338 e. The van der Waals surface area contributed by atoms with Crippen molar-refractivity contribution in [2.45, 2.75) is 50.5 Å². The van der Waals surface area contributed by atoms with E-state index in [9.17, 15) is 14.7 Å². The number of ether oxygens (including phenoxy) is 6. The lowest BCUT2D eigenvalue weighted by Gasteiger charge is -2.44. The summed E-state index contributed by atoms with van der Waals surface area (Å²) in [6, 6.07) is 42.7. The Kier molecular flexibility index (Phi) is 11.3. The summed E-state index contributed by atoms with van der Waals surface area (Å²) in [6.07, 6.45) is -6.07. The second-order valence-electron chi connectivity index (χ2n) is 11.4. The van der Waals surface area contributed by atoms with E-state index in [-0.39, 0.29) is 25.6 Å². The van der Waals surface area contributed by atoms with Crippen molar-refractivity contribution in [2.24, 2.45) is 0 Å². The molecule has 1 fully saturated rings. The number of hydrogen-bond donors (Lipinski definition) is 1. The number of phenolic OH excluding ortho intramolecular Hbond substituents is 1. The quantitative estimate of drug-likeness (QED) is 0.139. The Morgan fingerprint density at radius 2 is 1.06 bits per heavy atom. The van der Waals surface area contributed by atoms with E-state index in [0.29, 0.717) is 11.3 Å². The molecule has 9 nitrogen and oxygen atoms in total. The fourth-order valence-electron chi connectivity index (χ4n) is 5.36. The molecule has 5 aromatic rings. The van der Waals surface area contributed by atoms with Gasteiger partial charge in [-0.2, -0.15) is 0 Å². The molecule has 0 saturated carbocycles. The molecule has 5 atom stereocenters. The van der Waals surface area contributed by atoms with Gasteiger partial charge in [0.1, 0.15) is 30.3 Å². The van der Waals surface area contributed by atoms with Crippen LogP contribution in [0.4, 0.5) is 0 Å². The molecule has 1 heterocycles. The number of hydrogen-bond acceptors (Lipinski definition) is 9. The third-order valence-corrected chi connectivity index (χ3v) is 7.86. The predicted molar refractivity (Wildman–Crippen MR) is 179 cm³/mol. The maximum Gasteiger partial charge on any atom is 0.338 e. The number of esters is 2. The molecule has 0 bridgehead atoms. The molecule has 1 N–H and O–H groups in total. The first kappa shape index (κ1) is 33.4. The van der Waals surface area contributed by atoms with Crippen LogP contribution in [0.1, 0.15) is 27.0 Å². The van der Waals surface area contributed by atoms with E-state index in [2.05, 4.69) is 0 Å². The number of rotatable bonds is 13. The Morgan fingerprint density at radius 1 is 0.571 bits per heavy atom. The zero-order valence-corrected chi connectivity index (χ0v) is 26.6. The first-order valence-electron chi connectivity index (χ1n) is 15.9. The van der Waals surface area contributed by atoms with Crippen molar-refractivity contribution in [3.63, 3.8) is 0 Å². The van der Waals surface area contributed by atoms with Crippen LogP contribution in [0.2, 0.25) is 0 Å². The topological polar surface area (TPSA) is 110 Å². The van der Waals surface area contributed by atoms with Crippen molar-refractivity contribution in [1.82, 2.24) is 0 Å². The van der Waals surface area contributed by atoms with Gasteiger partial charge in [0.15, 0.2) is 12.2 Å². The molecule has 0 amide bonds. The first-order chi connectivity index (χ1) is 24.0. The molecule has 5 aromatic carbocycles. The molecular formula is C40H36O9. The molecular weight excluding hydrogens is 624 g/mol. The molecule has 6 rings (SSSR count). The van der Waals surface area contributed by atoms with Gasteiger partial charge in [0.2, 0.25) is 6.29 Å². The van der Waals surface area contributed by atoms with Crippen molar-refractivity contribution >= 4 is 11.9 Å². The number of phenols is 1. The van der Waals surface area contributed by atoms with Gasteiger partial charge in [0.25, 0.3) is 0 Å². The normalized spacial score (nSPS) is 20.2. The molecule has 9 heteroatoms. The highest BCUT2D eigenvalue weighted by atomic mass is 16.7. The largest absolute Gasteiger partial charge is 0.508 e. The standard InChI is InChI=1S/C40H36O9/c41-32-21-23-33(24-22-32)47-40-37(48-38(42)31-19-11-4-12-20-31)35(45-26-29-15-7-2-8-16-29)34(44-25-28-13-5-1-6-14-28)36(49-40)39(43)46-27-30-17-9-3-10-18-30/h1-24,34-37,40-41H,25-27H2. The molecule has 0 aromatic heterocycles. The van der Waals surface area contributed by atoms with Crippen LogP contribution in [0.3, 0.4) is 0 Å². The van der Waals surface area contributed by atoms with E-state index in [0.717, 1.165) is 16.7 Å². The average molecular weight is 661 g/mol. The van der Waals surface area contributed by atoms with Crippen LogP contribution in [-0.4, -0.2) is 47.8 Å². The second-order valence-corrected chi connectivity index (χ2v) is 11.4. The number of aromatic hydroxyl groups is 1. The van der Waals surface area contributed by atoms with Gasteiger partial charge in [-0.15, -0.1) is 0 Å². The number of benzene rings is 5. The van der Waals surface area contributed by atoms with Gasteiger partial charge >= 0.3 is 11.9 Å². The van der Waals surface area contributed by atoms with Crippen molar-refractivity contribution < 1.29 is 43.1 Å². The van der Waals surface area contributed by atoms with E-state index in [1.165, 1.54) is 24.3 Å². The minimum absolute atomic E-state index is 0.00359. The summed E-state index contributed by atoms with van der Waals surface area (Å²) in [5.41, 5.74) is 2.79. The van der Waals surface area contributed by atoms with Crippen LogP contribution in [0.15, 0.2) is 146 Å². The van der Waals surface area contributed by atoms with Crippen molar-refractivity contribution in [2.75, 3.05) is 0 Å². The van der Waals surface area contributed by atoms with E-state index in [1.807, 2.05) is 91.0 Å². The third-order valence-electron chi connectivity index (χ3n) is 7.86. The van der Waals surface area contributed by atoms with Gasteiger partial charge in [-0.25, -0.2) is 9.59 Å². The van der Waals surface area contributed by atoms with Crippen LogP contribution in [0, 0.1) is 0 Å². The Hall–Kier alpha value is -5.48. The molecule has 0 aliphatic carbocycles. The lowest BCUT2D eigenvalue weighted by molar-refractivity contribution is -0.290. The van der Waals surface area contributed by atoms with Crippen molar-refractivity contribution in [3.05, 3.63) is 168 Å². The molecule has 49 heavy (non-hydrogen) atoms. The summed E-state index contributed by atoms with van der Waals surface area (Å²) in [5, 5.41) is 9.88. The van der Waals surface area contributed by atoms with Gasteiger partial charge in [-0.1, -0.05) is 109 Å². The van der Waals surface area contributed by atoms with Crippen LogP contribution < -0.4 is 4.74 Å². The Labute approximate surface area is 284 Å². The summed E-state index contributed by atoms with van der Waals surface area (Å²) in [6.45, 7) is 0.204. The highest BCUT2D eigenvalue weighted by Gasteiger charge is 2.54. The minimum Gasteiger partial charge on any atom is -0.508 e. The molecule has 0 radical (unpaired) electrons.